The summed E-state index contributed by atoms with van der Waals surface area (Å²) >= 11 is 0. The number of nitrogens with one attached hydrogen (secondary N) is 1. The molecule has 1 rings (SSSR count). The van der Waals surface area contributed by atoms with E-state index in [1.165, 1.54) is 4.90 Å². The molecule has 1 N–H and O–H groups in total. The zero-order valence-electron chi connectivity index (χ0n) is 13.0. The van der Waals surface area contributed by atoms with E-state index in [1.54, 1.807) is 38.4 Å². The lowest BCUT2D eigenvalue weighted by Crippen LogP contribution is -2.25. The van der Waals surface area contributed by atoms with Gasteiger partial charge in [-0.1, -0.05) is 31.9 Å². The van der Waals surface area contributed by atoms with Gasteiger partial charge in [-0.3, -0.25) is 9.59 Å². The Bertz CT molecular complexity index is 472. The van der Waals surface area contributed by atoms with Crippen LogP contribution in [0.3, 0.4) is 0 Å². The molecule has 0 bridgehead atoms. The summed E-state index contributed by atoms with van der Waals surface area (Å²) in [5, 5.41) is 2.73. The van der Waals surface area contributed by atoms with Crippen LogP contribution in [0.15, 0.2) is 24.3 Å². The number of unbranched alkanes of at least 4 members (excludes halogenated alkanes) is 2. The highest BCUT2D eigenvalue weighted by Gasteiger charge is 2.14. The van der Waals surface area contributed by atoms with Crippen molar-refractivity contribution in [1.29, 1.82) is 0 Å². The number of hydrogen-bond acceptors (Lipinski definition) is 3. The monoisotopic (exact) mass is 292 g/mol. The maximum absolute atomic E-state index is 12.0. The van der Waals surface area contributed by atoms with Gasteiger partial charge < -0.3 is 15.0 Å². The van der Waals surface area contributed by atoms with Gasteiger partial charge >= 0.3 is 0 Å². The zero-order chi connectivity index (χ0) is 15.7. The van der Waals surface area contributed by atoms with Gasteiger partial charge in [0.25, 0.3) is 5.91 Å². The predicted molar refractivity (Wildman–Crippen MR) is 83.4 cm³/mol. The lowest BCUT2D eigenvalue weighted by Gasteiger charge is -2.14. The summed E-state index contributed by atoms with van der Waals surface area (Å²) in [5.41, 5.74) is 0.986. The molecule has 5 heteroatoms. The number of ether oxygens (including phenoxy) is 1. The topological polar surface area (TPSA) is 58.6 Å². The van der Waals surface area contributed by atoms with Crippen molar-refractivity contribution >= 4 is 17.5 Å². The van der Waals surface area contributed by atoms with Gasteiger partial charge in [0, 0.05) is 20.7 Å². The fraction of sp³-hybridized carbons (Fsp3) is 0.500. The second-order valence-corrected chi connectivity index (χ2v) is 5.05. The third kappa shape index (κ3) is 5.95. The fourth-order valence-corrected chi connectivity index (χ4v) is 1.82. The summed E-state index contributed by atoms with van der Waals surface area (Å²) < 4.78 is 5.31. The fourth-order valence-electron chi connectivity index (χ4n) is 1.82. The first-order valence-corrected chi connectivity index (χ1v) is 7.24. The van der Waals surface area contributed by atoms with Gasteiger partial charge in [0.15, 0.2) is 0 Å². The number of para-hydroxylation sites is 1. The molecule has 0 saturated carbocycles. The maximum Gasteiger partial charge on any atom is 0.255 e. The molecule has 0 atom stereocenters. The lowest BCUT2D eigenvalue weighted by molar-refractivity contribution is -0.120. The normalized spacial score (nSPS) is 10.2. The number of rotatable bonds is 8. The Morgan fingerprint density at radius 1 is 1.19 bits per heavy atom. The van der Waals surface area contributed by atoms with Crippen LogP contribution in [0.2, 0.25) is 0 Å². The van der Waals surface area contributed by atoms with E-state index in [0.717, 1.165) is 19.3 Å². The highest BCUT2D eigenvalue weighted by Crippen LogP contribution is 2.16. The van der Waals surface area contributed by atoms with Crippen LogP contribution < -0.4 is 5.32 Å². The minimum atomic E-state index is -0.245. The van der Waals surface area contributed by atoms with Crippen molar-refractivity contribution in [3.8, 4) is 0 Å². The van der Waals surface area contributed by atoms with Crippen molar-refractivity contribution in [1.82, 2.24) is 4.90 Å². The number of anilines is 1. The Morgan fingerprint density at radius 2 is 1.90 bits per heavy atom. The number of benzene rings is 1. The van der Waals surface area contributed by atoms with Gasteiger partial charge in [0.05, 0.1) is 11.3 Å². The molecular formula is C16H24N2O3. The molecule has 0 aliphatic heterocycles. The van der Waals surface area contributed by atoms with Crippen LogP contribution in [0.5, 0.6) is 0 Å². The van der Waals surface area contributed by atoms with Crippen molar-refractivity contribution < 1.29 is 14.3 Å². The van der Waals surface area contributed by atoms with E-state index < -0.39 is 0 Å². The molecule has 1 aromatic carbocycles. The summed E-state index contributed by atoms with van der Waals surface area (Å²) in [6.07, 6.45) is 3.18. The zero-order valence-corrected chi connectivity index (χ0v) is 13.0. The molecule has 0 saturated heterocycles. The molecule has 0 aromatic heterocycles. The van der Waals surface area contributed by atoms with Gasteiger partial charge in [-0.25, -0.2) is 0 Å². The third-order valence-corrected chi connectivity index (χ3v) is 2.96. The molecular weight excluding hydrogens is 268 g/mol. The molecule has 0 unspecified atom stereocenters. The first-order chi connectivity index (χ1) is 10.1. The van der Waals surface area contributed by atoms with E-state index in [1.807, 2.05) is 0 Å². The molecule has 1 aromatic rings. The molecule has 0 radical (unpaired) electrons. The standard InChI is InChI=1S/C16H24N2O3/c1-4-5-8-11-21-12-15(19)17-14-10-7-6-9-13(14)16(20)18(2)3/h6-7,9-10H,4-5,8,11-12H2,1-3H3,(H,17,19). The smallest absolute Gasteiger partial charge is 0.255 e. The average Bonchev–Trinajstić information content (AvgIpc) is 2.46. The number of amides is 2. The molecule has 0 aliphatic carbocycles. The Balaban J connectivity index is 2.54. The first kappa shape index (κ1) is 17.2. The Hall–Kier alpha value is -1.88. The van der Waals surface area contributed by atoms with E-state index in [9.17, 15) is 9.59 Å². The average molecular weight is 292 g/mol. The minimum absolute atomic E-state index is 0.00814. The van der Waals surface area contributed by atoms with Gasteiger partial charge in [-0.2, -0.15) is 0 Å². The Labute approximate surface area is 126 Å². The van der Waals surface area contributed by atoms with Crippen LogP contribution in [0.1, 0.15) is 36.5 Å². The van der Waals surface area contributed by atoms with Crippen molar-refractivity contribution in [2.24, 2.45) is 0 Å². The molecule has 5 nitrogen and oxygen atoms in total. The lowest BCUT2D eigenvalue weighted by atomic mass is 10.1. The van der Waals surface area contributed by atoms with Gasteiger partial charge in [0.2, 0.25) is 5.91 Å². The van der Waals surface area contributed by atoms with Crippen LogP contribution in [-0.4, -0.2) is 44.0 Å². The van der Waals surface area contributed by atoms with Crippen LogP contribution in [0, 0.1) is 0 Å². The van der Waals surface area contributed by atoms with E-state index in [-0.39, 0.29) is 18.4 Å². The third-order valence-electron chi connectivity index (χ3n) is 2.96. The highest BCUT2D eigenvalue weighted by molar-refractivity contribution is 6.03. The van der Waals surface area contributed by atoms with Crippen LogP contribution in [-0.2, 0) is 9.53 Å². The van der Waals surface area contributed by atoms with E-state index in [4.69, 9.17) is 4.74 Å². The number of nitrogens with zero attached hydrogens (tertiary/aromatic N) is 1. The van der Waals surface area contributed by atoms with Crippen molar-refractivity contribution in [2.45, 2.75) is 26.2 Å². The quantitative estimate of drug-likeness (QED) is 0.749. The summed E-state index contributed by atoms with van der Waals surface area (Å²) in [6, 6.07) is 6.96. The number of carbonyl (C=O) groups is 2. The van der Waals surface area contributed by atoms with E-state index >= 15 is 0 Å². The highest BCUT2D eigenvalue weighted by atomic mass is 16.5. The molecule has 0 aliphatic rings. The van der Waals surface area contributed by atoms with Crippen LogP contribution in [0.4, 0.5) is 5.69 Å². The second-order valence-electron chi connectivity index (χ2n) is 5.05. The summed E-state index contributed by atoms with van der Waals surface area (Å²) in [6.45, 7) is 2.71. The summed E-state index contributed by atoms with van der Waals surface area (Å²) in [5.74, 6) is -0.389. The SMILES string of the molecule is CCCCCOCC(=O)Nc1ccccc1C(=O)N(C)C. The van der Waals surface area contributed by atoms with Crippen molar-refractivity contribution in [2.75, 3.05) is 32.6 Å². The predicted octanol–water partition coefficient (Wildman–Crippen LogP) is 2.53. The van der Waals surface area contributed by atoms with Gasteiger partial charge in [-0.05, 0) is 18.6 Å². The molecule has 0 fully saturated rings. The maximum atomic E-state index is 12.0. The molecule has 21 heavy (non-hydrogen) atoms. The molecule has 0 spiro atoms. The van der Waals surface area contributed by atoms with Crippen LogP contribution >= 0.6 is 0 Å². The largest absolute Gasteiger partial charge is 0.372 e. The van der Waals surface area contributed by atoms with E-state index in [0.29, 0.717) is 17.9 Å². The molecule has 0 heterocycles. The van der Waals surface area contributed by atoms with Gasteiger partial charge in [-0.15, -0.1) is 0 Å². The Kier molecular flexibility index (Phi) is 7.46. The van der Waals surface area contributed by atoms with E-state index in [2.05, 4.69) is 12.2 Å². The van der Waals surface area contributed by atoms with Crippen LogP contribution in [0.25, 0.3) is 0 Å². The number of hydrogen-bond donors (Lipinski definition) is 1. The van der Waals surface area contributed by atoms with Crippen molar-refractivity contribution in [3.05, 3.63) is 29.8 Å². The van der Waals surface area contributed by atoms with Gasteiger partial charge in [0.1, 0.15) is 6.61 Å². The van der Waals surface area contributed by atoms with Crippen molar-refractivity contribution in [3.63, 3.8) is 0 Å². The summed E-state index contributed by atoms with van der Waals surface area (Å²) in [4.78, 5) is 25.3. The Morgan fingerprint density at radius 3 is 2.57 bits per heavy atom. The minimum Gasteiger partial charge on any atom is -0.372 e. The summed E-state index contributed by atoms with van der Waals surface area (Å²) in [7, 11) is 3.36. The first-order valence-electron chi connectivity index (χ1n) is 7.24. The number of carbonyl (C=O) groups excluding carboxylic acids is 2. The molecule has 2 amide bonds. The molecule has 116 valence electrons. The second kappa shape index (κ2) is 9.13.